The summed E-state index contributed by atoms with van der Waals surface area (Å²) < 4.78 is 10.1. The number of carboxylic acid groups (broad SMARTS) is 1. The van der Waals surface area contributed by atoms with E-state index in [-0.39, 0.29) is 22.9 Å². The average molecular weight is 294 g/mol. The molecule has 0 aliphatic carbocycles. The number of anilines is 1. The van der Waals surface area contributed by atoms with Crippen molar-refractivity contribution in [3.63, 3.8) is 0 Å². The van der Waals surface area contributed by atoms with E-state index in [0.29, 0.717) is 12.2 Å². The molecule has 6 heteroatoms. The lowest BCUT2D eigenvalue weighted by molar-refractivity contribution is -0.254. The first kappa shape index (κ1) is 16.8. The Bertz CT molecular complexity index is 513. The maximum absolute atomic E-state index is 11.8. The van der Waals surface area contributed by atoms with Gasteiger partial charge in [0.2, 0.25) is 5.91 Å². The van der Waals surface area contributed by atoms with E-state index in [9.17, 15) is 14.7 Å². The number of methoxy groups -OCH3 is 2. The van der Waals surface area contributed by atoms with E-state index in [1.807, 2.05) is 6.92 Å². The predicted molar refractivity (Wildman–Crippen MR) is 76.6 cm³/mol. The van der Waals surface area contributed by atoms with Gasteiger partial charge in [-0.1, -0.05) is 19.8 Å². The summed E-state index contributed by atoms with van der Waals surface area (Å²) in [5, 5.41) is 13.8. The Labute approximate surface area is 124 Å². The molecule has 0 aliphatic rings. The van der Waals surface area contributed by atoms with Crippen LogP contribution in [0.3, 0.4) is 0 Å². The van der Waals surface area contributed by atoms with Crippen molar-refractivity contribution in [2.75, 3.05) is 19.5 Å². The Kier molecular flexibility index (Phi) is 6.52. The van der Waals surface area contributed by atoms with Gasteiger partial charge in [0.05, 0.1) is 25.9 Å². The summed E-state index contributed by atoms with van der Waals surface area (Å²) >= 11 is 0. The maximum atomic E-state index is 11.8. The summed E-state index contributed by atoms with van der Waals surface area (Å²) in [5.74, 6) is -1.02. The first-order valence-electron chi connectivity index (χ1n) is 6.80. The van der Waals surface area contributed by atoms with Gasteiger partial charge in [-0.2, -0.15) is 0 Å². The molecule has 0 aliphatic heterocycles. The normalized spacial score (nSPS) is 10.0. The lowest BCUT2D eigenvalue weighted by atomic mass is 10.1. The van der Waals surface area contributed by atoms with Crippen molar-refractivity contribution in [1.29, 1.82) is 0 Å². The van der Waals surface area contributed by atoms with Crippen LogP contribution in [0.4, 0.5) is 5.69 Å². The van der Waals surface area contributed by atoms with Gasteiger partial charge in [-0.3, -0.25) is 4.79 Å². The van der Waals surface area contributed by atoms with Gasteiger partial charge in [0.25, 0.3) is 0 Å². The molecule has 6 nitrogen and oxygen atoms in total. The summed E-state index contributed by atoms with van der Waals surface area (Å²) in [6, 6.07) is 2.69. The van der Waals surface area contributed by atoms with Gasteiger partial charge in [-0.25, -0.2) is 0 Å². The lowest BCUT2D eigenvalue weighted by Crippen LogP contribution is -2.25. The molecule has 1 N–H and O–H groups in total. The molecule has 0 aromatic heterocycles. The zero-order valence-electron chi connectivity index (χ0n) is 12.5. The third-order valence-electron chi connectivity index (χ3n) is 3.03. The van der Waals surface area contributed by atoms with Gasteiger partial charge < -0.3 is 24.7 Å². The van der Waals surface area contributed by atoms with Crippen molar-refractivity contribution < 1.29 is 24.2 Å². The Morgan fingerprint density at radius 1 is 1.14 bits per heavy atom. The lowest BCUT2D eigenvalue weighted by Gasteiger charge is -2.16. The first-order chi connectivity index (χ1) is 10.0. The molecule has 1 amide bonds. The molecule has 1 aromatic rings. The average Bonchev–Trinajstić information content (AvgIpc) is 2.46. The van der Waals surface area contributed by atoms with Crippen molar-refractivity contribution in [3.05, 3.63) is 17.7 Å². The number of benzene rings is 1. The van der Waals surface area contributed by atoms with Crippen LogP contribution < -0.4 is 19.9 Å². The van der Waals surface area contributed by atoms with Crippen LogP contribution in [0.15, 0.2) is 12.1 Å². The number of ether oxygens (including phenoxy) is 2. The van der Waals surface area contributed by atoms with E-state index in [0.717, 1.165) is 19.3 Å². The van der Waals surface area contributed by atoms with Gasteiger partial charge in [0, 0.05) is 18.1 Å². The second kappa shape index (κ2) is 8.14. The second-order valence-corrected chi connectivity index (χ2v) is 4.55. The number of carbonyl (C=O) groups is 2. The van der Waals surface area contributed by atoms with Gasteiger partial charge in [0.15, 0.2) is 11.5 Å². The molecule has 116 valence electrons. The zero-order chi connectivity index (χ0) is 15.8. The van der Waals surface area contributed by atoms with Crippen LogP contribution in [0.1, 0.15) is 43.0 Å². The number of carbonyl (C=O) groups excluding carboxylic acids is 2. The summed E-state index contributed by atoms with van der Waals surface area (Å²) in [5.41, 5.74) is 0.00522. The van der Waals surface area contributed by atoms with Gasteiger partial charge >= 0.3 is 0 Å². The number of hydrogen-bond acceptors (Lipinski definition) is 5. The maximum Gasteiger partial charge on any atom is 0.224 e. The molecule has 0 saturated heterocycles. The van der Waals surface area contributed by atoms with Gasteiger partial charge in [0.1, 0.15) is 0 Å². The van der Waals surface area contributed by atoms with E-state index >= 15 is 0 Å². The van der Waals surface area contributed by atoms with Crippen LogP contribution in [0, 0.1) is 0 Å². The Hall–Kier alpha value is -2.24. The fraction of sp³-hybridized carbons (Fsp3) is 0.467. The number of carboxylic acids is 1. The molecule has 21 heavy (non-hydrogen) atoms. The number of unbranched alkanes of at least 4 members (excludes halogenated alkanes) is 2. The smallest absolute Gasteiger partial charge is 0.224 e. The highest BCUT2D eigenvalue weighted by Gasteiger charge is 2.14. The topological polar surface area (TPSA) is 87.7 Å². The number of aromatic carboxylic acids is 1. The first-order valence-corrected chi connectivity index (χ1v) is 6.80. The monoisotopic (exact) mass is 294 g/mol. The third-order valence-corrected chi connectivity index (χ3v) is 3.03. The standard InChI is InChI=1S/C15H21NO5/c1-4-5-6-7-14(17)16-11-9-13(21-3)12(20-2)8-10(11)15(18)19/h8-9H,4-7H2,1-3H3,(H,16,17)(H,18,19)/p-1. The van der Waals surface area contributed by atoms with E-state index in [2.05, 4.69) is 5.32 Å². The highest BCUT2D eigenvalue weighted by Crippen LogP contribution is 2.33. The number of rotatable bonds is 8. The quantitative estimate of drug-likeness (QED) is 0.735. The van der Waals surface area contributed by atoms with Crippen LogP contribution in [0.25, 0.3) is 0 Å². The molecule has 0 fully saturated rings. The van der Waals surface area contributed by atoms with Gasteiger partial charge in [-0.05, 0) is 12.5 Å². The van der Waals surface area contributed by atoms with Crippen LogP contribution in [0.2, 0.25) is 0 Å². The molecule has 0 atom stereocenters. The van der Waals surface area contributed by atoms with Crippen molar-refractivity contribution in [3.8, 4) is 11.5 Å². The summed E-state index contributed by atoms with van der Waals surface area (Å²) in [6.07, 6.45) is 3.06. The predicted octanol–water partition coefficient (Wildman–Crippen LogP) is 1.59. The number of hydrogen-bond donors (Lipinski definition) is 1. The fourth-order valence-electron chi connectivity index (χ4n) is 1.90. The van der Waals surface area contributed by atoms with Crippen molar-refractivity contribution in [2.45, 2.75) is 32.6 Å². The molecule has 1 aromatic carbocycles. The minimum absolute atomic E-state index is 0.142. The zero-order valence-corrected chi connectivity index (χ0v) is 12.5. The van der Waals surface area contributed by atoms with Crippen LogP contribution in [-0.2, 0) is 4.79 Å². The second-order valence-electron chi connectivity index (χ2n) is 4.55. The minimum Gasteiger partial charge on any atom is -0.545 e. The van der Waals surface area contributed by atoms with E-state index in [4.69, 9.17) is 9.47 Å². The number of nitrogens with one attached hydrogen (secondary N) is 1. The fourth-order valence-corrected chi connectivity index (χ4v) is 1.90. The van der Waals surface area contributed by atoms with Crippen LogP contribution >= 0.6 is 0 Å². The van der Waals surface area contributed by atoms with Crippen LogP contribution in [-0.4, -0.2) is 26.1 Å². The van der Waals surface area contributed by atoms with Crippen molar-refractivity contribution in [2.24, 2.45) is 0 Å². The molecule has 0 saturated carbocycles. The molecule has 0 heterocycles. The van der Waals surface area contributed by atoms with E-state index in [1.165, 1.54) is 26.4 Å². The molecule has 0 unspecified atom stereocenters. The molecule has 0 bridgehead atoms. The molecular weight excluding hydrogens is 274 g/mol. The summed E-state index contributed by atoms with van der Waals surface area (Å²) in [4.78, 5) is 23.0. The minimum atomic E-state index is -1.39. The summed E-state index contributed by atoms with van der Waals surface area (Å²) in [6.45, 7) is 2.04. The molecule has 1 rings (SSSR count). The Morgan fingerprint density at radius 2 is 1.76 bits per heavy atom. The molecule has 0 radical (unpaired) electrons. The van der Waals surface area contributed by atoms with Gasteiger partial charge in [-0.15, -0.1) is 0 Å². The SMILES string of the molecule is CCCCCC(=O)Nc1cc(OC)c(OC)cc1C(=O)[O-]. The summed E-state index contributed by atoms with van der Waals surface area (Å²) in [7, 11) is 2.84. The van der Waals surface area contributed by atoms with Crippen molar-refractivity contribution >= 4 is 17.6 Å². The highest BCUT2D eigenvalue weighted by atomic mass is 16.5. The molecule has 0 spiro atoms. The van der Waals surface area contributed by atoms with Crippen LogP contribution in [0.5, 0.6) is 11.5 Å². The van der Waals surface area contributed by atoms with E-state index in [1.54, 1.807) is 0 Å². The molecular formula is C15H20NO5-. The van der Waals surface area contributed by atoms with E-state index < -0.39 is 5.97 Å². The Balaban J connectivity index is 2.98. The third kappa shape index (κ3) is 4.66. The number of amides is 1. The largest absolute Gasteiger partial charge is 0.545 e. The van der Waals surface area contributed by atoms with Crippen molar-refractivity contribution in [1.82, 2.24) is 0 Å². The Morgan fingerprint density at radius 3 is 2.29 bits per heavy atom. The highest BCUT2D eigenvalue weighted by molar-refractivity contribution is 6.00.